The monoisotopic (exact) mass is 466 g/mol. The molecule has 25 heavy (non-hydrogen) atoms. The molecule has 1 heterocycles. The average Bonchev–Trinajstić information content (AvgIpc) is 2.64. The molecule has 0 spiro atoms. The van der Waals surface area contributed by atoms with Gasteiger partial charge < -0.3 is 20.3 Å². The van der Waals surface area contributed by atoms with Gasteiger partial charge in [0.1, 0.15) is 0 Å². The molecule has 0 amide bonds. The van der Waals surface area contributed by atoms with Crippen LogP contribution in [0.1, 0.15) is 51.9 Å². The highest BCUT2D eigenvalue weighted by molar-refractivity contribution is 14.0. The molecule has 5 nitrogen and oxygen atoms in total. The van der Waals surface area contributed by atoms with Crippen LogP contribution in [0.5, 0.6) is 0 Å². The predicted octanol–water partition coefficient (Wildman–Crippen LogP) is 3.10. The van der Waals surface area contributed by atoms with Crippen molar-refractivity contribution < 1.29 is 4.74 Å². The normalized spacial score (nSPS) is 26.1. The first kappa shape index (κ1) is 23.0. The molecule has 0 unspecified atom stereocenters. The smallest absolute Gasteiger partial charge is 0.191 e. The maximum atomic E-state index is 5.17. The first-order valence-corrected chi connectivity index (χ1v) is 9.93. The molecule has 1 saturated heterocycles. The van der Waals surface area contributed by atoms with Crippen molar-refractivity contribution in [3.63, 3.8) is 0 Å². The summed E-state index contributed by atoms with van der Waals surface area (Å²) in [5, 5.41) is 7.20. The van der Waals surface area contributed by atoms with Crippen molar-refractivity contribution in [3.8, 4) is 0 Å². The third-order valence-electron chi connectivity index (χ3n) is 5.87. The Morgan fingerprint density at radius 2 is 1.76 bits per heavy atom. The lowest BCUT2D eigenvalue weighted by Crippen LogP contribution is -2.47. The number of ether oxygens (including phenoxy) is 1. The molecule has 148 valence electrons. The zero-order chi connectivity index (χ0) is 17.2. The SMILES string of the molecule is CCC1CCC(NC(=NC)NCC2CCN(CCOC)CC2)CC1.I. The van der Waals surface area contributed by atoms with Crippen LogP contribution in [0.15, 0.2) is 4.99 Å². The molecular weight excluding hydrogens is 427 g/mol. The number of piperidine rings is 1. The average molecular weight is 466 g/mol. The molecule has 0 bridgehead atoms. The summed E-state index contributed by atoms with van der Waals surface area (Å²) in [6, 6.07) is 0.606. The second-order valence-electron chi connectivity index (χ2n) is 7.50. The van der Waals surface area contributed by atoms with Crippen molar-refractivity contribution in [2.45, 2.75) is 57.9 Å². The number of rotatable bonds is 7. The van der Waals surface area contributed by atoms with E-state index in [-0.39, 0.29) is 24.0 Å². The third kappa shape index (κ3) is 8.43. The van der Waals surface area contributed by atoms with Crippen LogP contribution in [-0.2, 0) is 4.74 Å². The molecule has 0 aromatic carbocycles. The number of hydrogen-bond acceptors (Lipinski definition) is 3. The van der Waals surface area contributed by atoms with Gasteiger partial charge in [-0.05, 0) is 63.5 Å². The molecule has 1 aliphatic heterocycles. The first-order valence-electron chi connectivity index (χ1n) is 9.93. The number of methoxy groups -OCH3 is 1. The Morgan fingerprint density at radius 1 is 1.08 bits per heavy atom. The lowest BCUT2D eigenvalue weighted by atomic mass is 9.84. The number of nitrogens with one attached hydrogen (secondary N) is 2. The molecule has 2 rings (SSSR count). The van der Waals surface area contributed by atoms with E-state index >= 15 is 0 Å². The fourth-order valence-corrected chi connectivity index (χ4v) is 3.98. The van der Waals surface area contributed by atoms with Gasteiger partial charge in [-0.1, -0.05) is 13.3 Å². The summed E-state index contributed by atoms with van der Waals surface area (Å²) in [7, 11) is 3.67. The highest BCUT2D eigenvalue weighted by atomic mass is 127. The lowest BCUT2D eigenvalue weighted by molar-refractivity contribution is 0.120. The molecule has 0 aromatic heterocycles. The number of guanidine groups is 1. The van der Waals surface area contributed by atoms with Crippen LogP contribution < -0.4 is 10.6 Å². The van der Waals surface area contributed by atoms with Gasteiger partial charge in [-0.3, -0.25) is 4.99 Å². The van der Waals surface area contributed by atoms with Crippen molar-refractivity contribution >= 4 is 29.9 Å². The third-order valence-corrected chi connectivity index (χ3v) is 5.87. The Hall–Kier alpha value is -0.0800. The Morgan fingerprint density at radius 3 is 2.32 bits per heavy atom. The summed E-state index contributed by atoms with van der Waals surface area (Å²) in [5.41, 5.74) is 0. The number of aliphatic imine (C=N–C) groups is 1. The van der Waals surface area contributed by atoms with Crippen LogP contribution in [0.2, 0.25) is 0 Å². The molecule has 2 aliphatic rings. The van der Waals surface area contributed by atoms with Crippen molar-refractivity contribution in [2.75, 3.05) is 46.9 Å². The number of likely N-dealkylation sites (tertiary alicyclic amines) is 1. The van der Waals surface area contributed by atoms with Crippen LogP contribution in [-0.4, -0.2) is 63.8 Å². The molecule has 0 aromatic rings. The highest BCUT2D eigenvalue weighted by Gasteiger charge is 2.22. The Balaban J connectivity index is 0.00000312. The van der Waals surface area contributed by atoms with E-state index < -0.39 is 0 Å². The van der Waals surface area contributed by atoms with Crippen LogP contribution in [0, 0.1) is 11.8 Å². The fraction of sp³-hybridized carbons (Fsp3) is 0.947. The topological polar surface area (TPSA) is 48.9 Å². The van der Waals surface area contributed by atoms with E-state index in [2.05, 4.69) is 27.4 Å². The van der Waals surface area contributed by atoms with Crippen molar-refractivity contribution in [1.29, 1.82) is 0 Å². The van der Waals surface area contributed by atoms with Gasteiger partial charge in [0, 0.05) is 33.3 Å². The lowest BCUT2D eigenvalue weighted by Gasteiger charge is -2.33. The van der Waals surface area contributed by atoms with Crippen LogP contribution in [0.25, 0.3) is 0 Å². The quantitative estimate of drug-likeness (QED) is 0.344. The van der Waals surface area contributed by atoms with Crippen molar-refractivity contribution in [1.82, 2.24) is 15.5 Å². The van der Waals surface area contributed by atoms with Crippen LogP contribution in [0.3, 0.4) is 0 Å². The minimum absolute atomic E-state index is 0. The van der Waals surface area contributed by atoms with E-state index in [1.807, 2.05) is 7.05 Å². The van der Waals surface area contributed by atoms with Gasteiger partial charge in [-0.15, -0.1) is 24.0 Å². The highest BCUT2D eigenvalue weighted by Crippen LogP contribution is 2.26. The zero-order valence-corrected chi connectivity index (χ0v) is 18.8. The molecule has 0 atom stereocenters. The van der Waals surface area contributed by atoms with Gasteiger partial charge in [0.25, 0.3) is 0 Å². The van der Waals surface area contributed by atoms with Crippen molar-refractivity contribution in [3.05, 3.63) is 0 Å². The molecule has 1 aliphatic carbocycles. The molecular formula is C19H39IN4O. The number of halogens is 1. The van der Waals surface area contributed by atoms with Gasteiger partial charge in [0.2, 0.25) is 0 Å². The second-order valence-corrected chi connectivity index (χ2v) is 7.50. The maximum Gasteiger partial charge on any atom is 0.191 e. The Bertz CT molecular complexity index is 364. The van der Waals surface area contributed by atoms with Gasteiger partial charge >= 0.3 is 0 Å². The van der Waals surface area contributed by atoms with Gasteiger partial charge in [-0.25, -0.2) is 0 Å². The van der Waals surface area contributed by atoms with E-state index in [9.17, 15) is 0 Å². The Kier molecular flexibility index (Phi) is 12.1. The molecule has 1 saturated carbocycles. The molecule has 2 N–H and O–H groups in total. The van der Waals surface area contributed by atoms with Gasteiger partial charge in [0.15, 0.2) is 5.96 Å². The molecule has 6 heteroatoms. The Labute approximate surface area is 171 Å². The van der Waals surface area contributed by atoms with Gasteiger partial charge in [-0.2, -0.15) is 0 Å². The predicted molar refractivity (Wildman–Crippen MR) is 117 cm³/mol. The summed E-state index contributed by atoms with van der Waals surface area (Å²) in [4.78, 5) is 6.94. The van der Waals surface area contributed by atoms with E-state index in [4.69, 9.17) is 4.74 Å². The maximum absolute atomic E-state index is 5.17. The fourth-order valence-electron chi connectivity index (χ4n) is 3.98. The summed E-state index contributed by atoms with van der Waals surface area (Å²) >= 11 is 0. The van der Waals surface area contributed by atoms with Crippen LogP contribution in [0.4, 0.5) is 0 Å². The second kappa shape index (κ2) is 13.1. The first-order chi connectivity index (χ1) is 11.7. The van der Waals surface area contributed by atoms with Gasteiger partial charge in [0.05, 0.1) is 6.61 Å². The zero-order valence-electron chi connectivity index (χ0n) is 16.4. The summed E-state index contributed by atoms with van der Waals surface area (Å²) in [6.45, 7) is 7.67. The molecule has 2 fully saturated rings. The standard InChI is InChI=1S/C19H38N4O.HI/c1-4-16-5-7-18(8-6-16)22-19(20-2)21-15-17-9-11-23(12-10-17)13-14-24-3;/h16-18H,4-15H2,1-3H3,(H2,20,21,22);1H. The van der Waals surface area contributed by atoms with E-state index in [0.717, 1.165) is 37.5 Å². The minimum atomic E-state index is 0. The molecule has 0 radical (unpaired) electrons. The largest absolute Gasteiger partial charge is 0.383 e. The van der Waals surface area contributed by atoms with E-state index in [0.29, 0.717) is 6.04 Å². The summed E-state index contributed by atoms with van der Waals surface area (Å²) < 4.78 is 5.17. The van der Waals surface area contributed by atoms with E-state index in [1.165, 1.54) is 58.0 Å². The number of nitrogens with zero attached hydrogens (tertiary/aromatic N) is 2. The number of hydrogen-bond donors (Lipinski definition) is 2. The van der Waals surface area contributed by atoms with E-state index in [1.54, 1.807) is 7.11 Å². The minimum Gasteiger partial charge on any atom is -0.383 e. The summed E-state index contributed by atoms with van der Waals surface area (Å²) in [6.07, 6.45) is 9.19. The van der Waals surface area contributed by atoms with Crippen LogP contribution >= 0.6 is 24.0 Å². The van der Waals surface area contributed by atoms with Crippen molar-refractivity contribution in [2.24, 2.45) is 16.8 Å². The summed E-state index contributed by atoms with van der Waals surface area (Å²) in [5.74, 6) is 2.70.